The third kappa shape index (κ3) is 2.88. The van der Waals surface area contributed by atoms with Crippen LogP contribution < -0.4 is 0 Å². The molecule has 3 heteroatoms. The molecule has 0 aliphatic heterocycles. The van der Waals surface area contributed by atoms with E-state index in [0.29, 0.717) is 6.42 Å². The molecule has 4 atom stereocenters. The Labute approximate surface area is 126 Å². The lowest BCUT2D eigenvalue weighted by atomic mass is 9.83. The Morgan fingerprint density at radius 1 is 1.33 bits per heavy atom. The molecule has 0 heterocycles. The Kier molecular flexibility index (Phi) is 4.52. The van der Waals surface area contributed by atoms with E-state index in [1.807, 2.05) is 38.1 Å². The minimum Gasteiger partial charge on any atom is -0.467 e. The van der Waals surface area contributed by atoms with Crippen LogP contribution in [-0.2, 0) is 9.53 Å². The number of carbonyl (C=O) groups excluding carboxylic acids is 1. The first-order valence-corrected chi connectivity index (χ1v) is 7.41. The second-order valence-electron chi connectivity index (χ2n) is 6.27. The quantitative estimate of drug-likeness (QED) is 0.685. The maximum atomic E-state index is 12.1. The molecule has 0 spiro atoms. The van der Waals surface area contributed by atoms with E-state index in [2.05, 4.69) is 19.1 Å². The number of allylic oxidation sites excluding steroid dienone is 1. The zero-order chi connectivity index (χ0) is 15.6. The van der Waals surface area contributed by atoms with Crippen LogP contribution in [0.1, 0.15) is 38.7 Å². The first kappa shape index (κ1) is 15.8. The molecule has 1 aliphatic rings. The smallest absolute Gasteiger partial charge is 0.338 e. The Morgan fingerprint density at radius 3 is 2.48 bits per heavy atom. The van der Waals surface area contributed by atoms with Crippen LogP contribution in [0, 0.1) is 11.8 Å². The lowest BCUT2D eigenvalue weighted by Crippen LogP contribution is -2.43. The molecule has 2 rings (SSSR count). The molecule has 0 saturated heterocycles. The normalized spacial score (nSPS) is 31.8. The summed E-state index contributed by atoms with van der Waals surface area (Å²) in [6.45, 7) is 6.07. The van der Waals surface area contributed by atoms with E-state index in [4.69, 9.17) is 4.74 Å². The van der Waals surface area contributed by atoms with E-state index in [-0.39, 0.29) is 17.8 Å². The fourth-order valence-corrected chi connectivity index (χ4v) is 3.51. The van der Waals surface area contributed by atoms with Crippen molar-refractivity contribution in [1.82, 2.24) is 0 Å². The number of methoxy groups -OCH3 is 1. The monoisotopic (exact) mass is 288 g/mol. The Bertz CT molecular complexity index is 531. The van der Waals surface area contributed by atoms with Crippen molar-refractivity contribution in [3.05, 3.63) is 47.5 Å². The molecule has 0 bridgehead atoms. The summed E-state index contributed by atoms with van der Waals surface area (Å²) in [5.74, 6) is -0.433. The van der Waals surface area contributed by atoms with E-state index in [1.54, 1.807) is 0 Å². The summed E-state index contributed by atoms with van der Waals surface area (Å²) >= 11 is 0. The molecule has 114 valence electrons. The standard InChI is InChI=1S/C18H24O3/c1-12(2)10-16-13(3)15(14-8-6-5-7-9-14)11-18(16,20)17(19)21-4/h5-10,13,15-16,20H,11H2,1-4H3/t13-,15+,16+,18-/m1/s1. The lowest BCUT2D eigenvalue weighted by Gasteiger charge is -2.27. The van der Waals surface area contributed by atoms with Crippen LogP contribution in [-0.4, -0.2) is 23.8 Å². The molecular formula is C18H24O3. The summed E-state index contributed by atoms with van der Waals surface area (Å²) in [7, 11) is 1.33. The van der Waals surface area contributed by atoms with Gasteiger partial charge in [0, 0.05) is 5.92 Å². The predicted octanol–water partition coefficient (Wildman–Crippen LogP) is 3.30. The number of hydrogen-bond donors (Lipinski definition) is 1. The van der Waals surface area contributed by atoms with Gasteiger partial charge >= 0.3 is 5.97 Å². The number of hydrogen-bond acceptors (Lipinski definition) is 3. The molecule has 0 amide bonds. The van der Waals surface area contributed by atoms with E-state index in [0.717, 1.165) is 11.1 Å². The van der Waals surface area contributed by atoms with Crippen LogP contribution in [0.15, 0.2) is 42.0 Å². The number of ether oxygens (including phenoxy) is 1. The predicted molar refractivity (Wildman–Crippen MR) is 82.9 cm³/mol. The third-order valence-electron chi connectivity index (χ3n) is 4.56. The highest BCUT2D eigenvalue weighted by molar-refractivity contribution is 5.81. The van der Waals surface area contributed by atoms with Crippen molar-refractivity contribution in [1.29, 1.82) is 0 Å². The summed E-state index contributed by atoms with van der Waals surface area (Å²) in [5, 5.41) is 11.0. The molecule has 21 heavy (non-hydrogen) atoms. The molecule has 0 radical (unpaired) electrons. The number of benzene rings is 1. The Balaban J connectivity index is 2.42. The van der Waals surface area contributed by atoms with E-state index in [1.165, 1.54) is 7.11 Å². The first-order chi connectivity index (χ1) is 9.90. The summed E-state index contributed by atoms with van der Waals surface area (Å²) in [6, 6.07) is 10.1. The van der Waals surface area contributed by atoms with E-state index >= 15 is 0 Å². The zero-order valence-corrected chi connectivity index (χ0v) is 13.2. The fourth-order valence-electron chi connectivity index (χ4n) is 3.51. The van der Waals surface area contributed by atoms with Crippen molar-refractivity contribution in [2.24, 2.45) is 11.8 Å². The lowest BCUT2D eigenvalue weighted by molar-refractivity contribution is -0.165. The summed E-state index contributed by atoms with van der Waals surface area (Å²) < 4.78 is 4.86. The van der Waals surface area contributed by atoms with Crippen LogP contribution >= 0.6 is 0 Å². The van der Waals surface area contributed by atoms with Gasteiger partial charge < -0.3 is 9.84 Å². The SMILES string of the molecule is COC(=O)[C@@]1(O)C[C@H](c2ccccc2)[C@@H](C)[C@@H]1C=C(C)C. The first-order valence-electron chi connectivity index (χ1n) is 7.41. The summed E-state index contributed by atoms with van der Waals surface area (Å²) in [4.78, 5) is 12.1. The van der Waals surface area contributed by atoms with Gasteiger partial charge in [-0.3, -0.25) is 0 Å². The van der Waals surface area contributed by atoms with Crippen LogP contribution in [0.2, 0.25) is 0 Å². The second-order valence-corrected chi connectivity index (χ2v) is 6.27. The van der Waals surface area contributed by atoms with Gasteiger partial charge in [-0.15, -0.1) is 0 Å². The minimum atomic E-state index is -1.44. The van der Waals surface area contributed by atoms with Crippen molar-refractivity contribution in [3.63, 3.8) is 0 Å². The van der Waals surface area contributed by atoms with Gasteiger partial charge in [0.25, 0.3) is 0 Å². The third-order valence-corrected chi connectivity index (χ3v) is 4.56. The number of esters is 1. The molecule has 3 nitrogen and oxygen atoms in total. The van der Waals surface area contributed by atoms with Gasteiger partial charge in [-0.2, -0.15) is 0 Å². The van der Waals surface area contributed by atoms with Gasteiger partial charge in [0.15, 0.2) is 5.60 Å². The van der Waals surface area contributed by atoms with Crippen molar-refractivity contribution in [3.8, 4) is 0 Å². The fraction of sp³-hybridized carbons (Fsp3) is 0.500. The average Bonchev–Trinajstić information content (AvgIpc) is 2.73. The van der Waals surface area contributed by atoms with Gasteiger partial charge in [0.05, 0.1) is 7.11 Å². The van der Waals surface area contributed by atoms with E-state index in [9.17, 15) is 9.90 Å². The van der Waals surface area contributed by atoms with Crippen LogP contribution in [0.4, 0.5) is 0 Å². The summed E-state index contributed by atoms with van der Waals surface area (Å²) in [6.07, 6.45) is 2.41. The summed E-state index contributed by atoms with van der Waals surface area (Å²) in [5.41, 5.74) is 0.825. The van der Waals surface area contributed by atoms with Crippen molar-refractivity contribution >= 4 is 5.97 Å². The molecule has 1 saturated carbocycles. The number of carbonyl (C=O) groups is 1. The number of rotatable bonds is 3. The average molecular weight is 288 g/mol. The minimum absolute atomic E-state index is 0.149. The molecule has 1 N–H and O–H groups in total. The molecule has 1 fully saturated rings. The largest absolute Gasteiger partial charge is 0.467 e. The second kappa shape index (κ2) is 6.02. The van der Waals surface area contributed by atoms with Gasteiger partial charge in [-0.1, -0.05) is 48.9 Å². The van der Waals surface area contributed by atoms with Gasteiger partial charge in [0.2, 0.25) is 0 Å². The topological polar surface area (TPSA) is 46.5 Å². The van der Waals surface area contributed by atoms with Gasteiger partial charge in [-0.25, -0.2) is 4.79 Å². The van der Waals surface area contributed by atoms with Crippen LogP contribution in [0.25, 0.3) is 0 Å². The molecule has 0 unspecified atom stereocenters. The molecular weight excluding hydrogens is 264 g/mol. The highest BCUT2D eigenvalue weighted by Crippen LogP contribution is 2.50. The highest BCUT2D eigenvalue weighted by Gasteiger charge is 2.55. The molecule has 1 aromatic carbocycles. The molecule has 1 aliphatic carbocycles. The highest BCUT2D eigenvalue weighted by atomic mass is 16.5. The molecule has 1 aromatic rings. The zero-order valence-electron chi connectivity index (χ0n) is 13.2. The maximum Gasteiger partial charge on any atom is 0.338 e. The Morgan fingerprint density at radius 2 is 1.95 bits per heavy atom. The van der Waals surface area contributed by atoms with Crippen molar-refractivity contribution in [2.45, 2.75) is 38.7 Å². The van der Waals surface area contributed by atoms with Crippen molar-refractivity contribution in [2.75, 3.05) is 7.11 Å². The van der Waals surface area contributed by atoms with Gasteiger partial charge in [0.1, 0.15) is 0 Å². The number of aliphatic hydroxyl groups is 1. The maximum absolute atomic E-state index is 12.1. The molecule has 0 aromatic heterocycles. The van der Waals surface area contributed by atoms with Gasteiger partial charge in [-0.05, 0) is 37.7 Å². The van der Waals surface area contributed by atoms with E-state index < -0.39 is 11.6 Å². The Hall–Kier alpha value is -1.61. The van der Waals surface area contributed by atoms with Crippen LogP contribution in [0.5, 0.6) is 0 Å². The van der Waals surface area contributed by atoms with Crippen molar-refractivity contribution < 1.29 is 14.6 Å². The van der Waals surface area contributed by atoms with Crippen LogP contribution in [0.3, 0.4) is 0 Å².